The second-order valence-corrected chi connectivity index (χ2v) is 8.69. The van der Waals surface area contributed by atoms with Crippen LogP contribution in [0.3, 0.4) is 0 Å². The number of aryl methyl sites for hydroxylation is 1. The molecule has 0 N–H and O–H groups in total. The van der Waals surface area contributed by atoms with Gasteiger partial charge in [0.2, 0.25) is 5.91 Å². The van der Waals surface area contributed by atoms with E-state index in [-0.39, 0.29) is 11.3 Å². The van der Waals surface area contributed by atoms with E-state index in [2.05, 4.69) is 4.90 Å². The molecule has 0 radical (unpaired) electrons. The van der Waals surface area contributed by atoms with Crippen LogP contribution in [-0.2, 0) is 4.79 Å². The summed E-state index contributed by atoms with van der Waals surface area (Å²) < 4.78 is 0. The smallest absolute Gasteiger partial charge is 0.253 e. The highest BCUT2D eigenvalue weighted by molar-refractivity contribution is 5.94. The number of hydrogen-bond donors (Lipinski definition) is 0. The van der Waals surface area contributed by atoms with Gasteiger partial charge in [0.25, 0.3) is 5.91 Å². The number of benzene rings is 1. The minimum Gasteiger partial charge on any atom is -0.342 e. The van der Waals surface area contributed by atoms with Crippen molar-refractivity contribution in [2.45, 2.75) is 51.9 Å². The van der Waals surface area contributed by atoms with Crippen LogP contribution in [0.15, 0.2) is 24.3 Å². The highest BCUT2D eigenvalue weighted by Gasteiger charge is 2.39. The minimum atomic E-state index is 0.153. The lowest BCUT2D eigenvalue weighted by Gasteiger charge is -2.41. The largest absolute Gasteiger partial charge is 0.342 e. The van der Waals surface area contributed by atoms with E-state index in [0.29, 0.717) is 12.3 Å². The van der Waals surface area contributed by atoms with Crippen molar-refractivity contribution >= 4 is 11.8 Å². The molecule has 140 valence electrons. The van der Waals surface area contributed by atoms with Gasteiger partial charge in [-0.15, -0.1) is 0 Å². The van der Waals surface area contributed by atoms with Crippen LogP contribution in [0.25, 0.3) is 0 Å². The molecule has 1 spiro atoms. The van der Waals surface area contributed by atoms with Crippen molar-refractivity contribution in [1.82, 2.24) is 9.80 Å². The van der Waals surface area contributed by atoms with Crippen LogP contribution < -0.4 is 0 Å². The van der Waals surface area contributed by atoms with Gasteiger partial charge in [0, 0.05) is 38.2 Å². The quantitative estimate of drug-likeness (QED) is 0.831. The normalized spacial score (nSPS) is 23.2. The number of rotatable bonds is 3. The first-order valence-corrected chi connectivity index (χ1v) is 10.2. The van der Waals surface area contributed by atoms with Crippen molar-refractivity contribution in [2.24, 2.45) is 11.3 Å². The van der Waals surface area contributed by atoms with Gasteiger partial charge in [-0.05, 0) is 68.9 Å². The highest BCUT2D eigenvalue weighted by atomic mass is 16.2. The Morgan fingerprint density at radius 1 is 1.04 bits per heavy atom. The molecule has 3 fully saturated rings. The molecule has 0 unspecified atom stereocenters. The van der Waals surface area contributed by atoms with Crippen LogP contribution in [0.5, 0.6) is 0 Å². The lowest BCUT2D eigenvalue weighted by Crippen LogP contribution is -2.43. The summed E-state index contributed by atoms with van der Waals surface area (Å²) in [6.45, 7) is 5.58. The molecule has 0 atom stereocenters. The summed E-state index contributed by atoms with van der Waals surface area (Å²) in [4.78, 5) is 29.3. The van der Waals surface area contributed by atoms with Gasteiger partial charge in [-0.3, -0.25) is 9.59 Å². The Morgan fingerprint density at radius 2 is 1.69 bits per heavy atom. The summed E-state index contributed by atoms with van der Waals surface area (Å²) in [6, 6.07) is 7.87. The molecule has 1 aromatic carbocycles. The van der Waals surface area contributed by atoms with Crippen LogP contribution in [-0.4, -0.2) is 47.8 Å². The molecule has 2 saturated heterocycles. The molecule has 0 aromatic heterocycles. The molecule has 1 aromatic rings. The molecule has 2 heterocycles. The summed E-state index contributed by atoms with van der Waals surface area (Å²) in [7, 11) is 0. The van der Waals surface area contributed by atoms with Gasteiger partial charge in [-0.25, -0.2) is 0 Å². The first-order valence-electron chi connectivity index (χ1n) is 10.2. The molecule has 26 heavy (non-hydrogen) atoms. The van der Waals surface area contributed by atoms with Crippen molar-refractivity contribution in [3.8, 4) is 0 Å². The van der Waals surface area contributed by atoms with E-state index in [9.17, 15) is 9.59 Å². The number of carbonyl (C=O) groups excluding carboxylic acids is 2. The number of carbonyl (C=O) groups is 2. The van der Waals surface area contributed by atoms with Crippen molar-refractivity contribution in [3.63, 3.8) is 0 Å². The van der Waals surface area contributed by atoms with Gasteiger partial charge in [-0.1, -0.05) is 17.7 Å². The van der Waals surface area contributed by atoms with Crippen molar-refractivity contribution < 1.29 is 9.59 Å². The maximum Gasteiger partial charge on any atom is 0.253 e. The Labute approximate surface area is 156 Å². The van der Waals surface area contributed by atoms with E-state index in [4.69, 9.17) is 0 Å². The molecule has 4 heteroatoms. The van der Waals surface area contributed by atoms with E-state index in [1.165, 1.54) is 18.4 Å². The topological polar surface area (TPSA) is 40.6 Å². The Morgan fingerprint density at radius 3 is 2.35 bits per heavy atom. The fourth-order valence-electron chi connectivity index (χ4n) is 4.52. The van der Waals surface area contributed by atoms with Crippen LogP contribution in [0.4, 0.5) is 0 Å². The minimum absolute atomic E-state index is 0.153. The Hall–Kier alpha value is -1.84. The zero-order valence-corrected chi connectivity index (χ0v) is 15.9. The van der Waals surface area contributed by atoms with Crippen molar-refractivity contribution in [1.29, 1.82) is 0 Å². The van der Waals surface area contributed by atoms with Crippen molar-refractivity contribution in [3.05, 3.63) is 35.4 Å². The summed E-state index contributed by atoms with van der Waals surface area (Å²) in [5.41, 5.74) is 2.23. The molecule has 2 amide bonds. The van der Waals surface area contributed by atoms with Gasteiger partial charge in [0.1, 0.15) is 0 Å². The maximum absolute atomic E-state index is 12.7. The molecule has 3 aliphatic rings. The molecular formula is C22H30N2O2. The first kappa shape index (κ1) is 17.6. The third-order valence-electron chi connectivity index (χ3n) is 6.72. The number of nitrogens with zero attached hydrogens (tertiary/aromatic N) is 2. The van der Waals surface area contributed by atoms with Gasteiger partial charge < -0.3 is 9.80 Å². The Balaban J connectivity index is 1.35. The molecular weight excluding hydrogens is 324 g/mol. The average Bonchev–Trinajstić information content (AvgIpc) is 3.49. The van der Waals surface area contributed by atoms with Crippen LogP contribution in [0, 0.1) is 18.3 Å². The van der Waals surface area contributed by atoms with Gasteiger partial charge >= 0.3 is 0 Å². The highest BCUT2D eigenvalue weighted by Crippen LogP contribution is 2.42. The lowest BCUT2D eigenvalue weighted by atomic mass is 9.73. The Bertz CT molecular complexity index is 670. The van der Waals surface area contributed by atoms with E-state index < -0.39 is 0 Å². The monoisotopic (exact) mass is 354 g/mol. The molecule has 4 nitrogen and oxygen atoms in total. The van der Waals surface area contributed by atoms with E-state index >= 15 is 0 Å². The molecule has 4 rings (SSSR count). The fourth-order valence-corrected chi connectivity index (χ4v) is 4.52. The summed E-state index contributed by atoms with van der Waals surface area (Å²) in [6.07, 6.45) is 7.47. The molecule has 1 aliphatic carbocycles. The predicted molar refractivity (Wildman–Crippen MR) is 102 cm³/mol. The predicted octanol–water partition coefficient (Wildman–Crippen LogP) is 3.64. The number of amides is 2. The second kappa shape index (κ2) is 7.05. The molecule has 0 bridgehead atoms. The van der Waals surface area contributed by atoms with Gasteiger partial charge in [0.15, 0.2) is 0 Å². The van der Waals surface area contributed by atoms with Crippen LogP contribution in [0.1, 0.15) is 60.9 Å². The lowest BCUT2D eigenvalue weighted by molar-refractivity contribution is -0.130. The summed E-state index contributed by atoms with van der Waals surface area (Å²) in [5.74, 6) is 1.27. The van der Waals surface area contributed by atoms with Gasteiger partial charge in [-0.2, -0.15) is 0 Å². The number of piperidine rings is 1. The van der Waals surface area contributed by atoms with E-state index in [0.717, 1.165) is 63.3 Å². The SMILES string of the molecule is Cc1ccc(C(=O)N2CCC3(CCC(=O)N(CC4CC4)CC3)CC2)cc1. The zero-order chi connectivity index (χ0) is 18.1. The van der Waals surface area contributed by atoms with Crippen LogP contribution in [0.2, 0.25) is 0 Å². The Kier molecular flexibility index (Phi) is 4.76. The van der Waals surface area contributed by atoms with E-state index in [1.54, 1.807) is 0 Å². The summed E-state index contributed by atoms with van der Waals surface area (Å²) in [5, 5.41) is 0. The number of likely N-dealkylation sites (tertiary alicyclic amines) is 2. The third kappa shape index (κ3) is 3.79. The van der Waals surface area contributed by atoms with Gasteiger partial charge in [0.05, 0.1) is 0 Å². The zero-order valence-electron chi connectivity index (χ0n) is 15.9. The van der Waals surface area contributed by atoms with Crippen LogP contribution >= 0.6 is 0 Å². The first-order chi connectivity index (χ1) is 12.5. The number of hydrogen-bond acceptors (Lipinski definition) is 2. The fraction of sp³-hybridized carbons (Fsp3) is 0.636. The summed E-state index contributed by atoms with van der Waals surface area (Å²) >= 11 is 0. The standard InChI is InChI=1S/C22H30N2O2/c1-17-2-6-19(7-3-17)21(26)23-13-10-22(11-14-23)9-8-20(25)24(15-12-22)16-18-4-5-18/h2-3,6-7,18H,4-5,8-16H2,1H3. The third-order valence-corrected chi connectivity index (χ3v) is 6.72. The average molecular weight is 354 g/mol. The maximum atomic E-state index is 12.7. The van der Waals surface area contributed by atoms with Crippen molar-refractivity contribution in [2.75, 3.05) is 26.2 Å². The second-order valence-electron chi connectivity index (χ2n) is 8.69. The molecule has 1 saturated carbocycles. The molecule has 2 aliphatic heterocycles. The van der Waals surface area contributed by atoms with E-state index in [1.807, 2.05) is 36.1 Å².